The zero-order chi connectivity index (χ0) is 18.9. The Morgan fingerprint density at radius 2 is 2.00 bits per heavy atom. The van der Waals surface area contributed by atoms with Gasteiger partial charge in [0.05, 0.1) is 17.9 Å². The Hall–Kier alpha value is -2.20. The number of nitrogens with one attached hydrogen (secondary N) is 1. The molecule has 142 valence electrons. The molecular weight excluding hydrogens is 356 g/mol. The molecule has 1 atom stereocenters. The van der Waals surface area contributed by atoms with Crippen molar-refractivity contribution in [2.24, 2.45) is 0 Å². The number of hydrogen-bond acceptors (Lipinski definition) is 7. The van der Waals surface area contributed by atoms with Gasteiger partial charge in [0.25, 0.3) is 5.88 Å². The summed E-state index contributed by atoms with van der Waals surface area (Å²) in [6.07, 6.45) is 4.37. The van der Waals surface area contributed by atoms with Gasteiger partial charge in [-0.3, -0.25) is 5.10 Å². The van der Waals surface area contributed by atoms with Crippen molar-refractivity contribution in [3.05, 3.63) is 23.8 Å². The molecule has 3 heterocycles. The lowest BCUT2D eigenvalue weighted by molar-refractivity contribution is 0.125. The molecule has 0 amide bonds. The maximum absolute atomic E-state index is 13.0. The number of nitrogens with zero attached hydrogens (tertiary/aromatic N) is 5. The summed E-state index contributed by atoms with van der Waals surface area (Å²) in [4.78, 5) is 10.6. The van der Waals surface area contributed by atoms with Gasteiger partial charge in [-0.05, 0) is 26.7 Å². The smallest absolute Gasteiger partial charge is 0.257 e. The highest BCUT2D eigenvalue weighted by Crippen LogP contribution is 2.28. The molecular formula is C16H24N6O3S. The van der Waals surface area contributed by atoms with Crippen molar-refractivity contribution < 1.29 is 13.2 Å². The van der Waals surface area contributed by atoms with Crippen LogP contribution in [-0.4, -0.2) is 66.2 Å². The van der Waals surface area contributed by atoms with E-state index in [-0.39, 0.29) is 17.5 Å². The molecule has 0 spiro atoms. The van der Waals surface area contributed by atoms with Crippen LogP contribution in [0.15, 0.2) is 17.3 Å². The van der Waals surface area contributed by atoms with Crippen LogP contribution in [0.5, 0.6) is 5.88 Å². The number of rotatable bonds is 5. The molecule has 1 aliphatic rings. The highest BCUT2D eigenvalue weighted by atomic mass is 32.2. The first-order valence-electron chi connectivity index (χ1n) is 8.47. The highest BCUT2D eigenvalue weighted by Gasteiger charge is 2.34. The van der Waals surface area contributed by atoms with E-state index in [4.69, 9.17) is 4.74 Å². The quantitative estimate of drug-likeness (QED) is 0.828. The Labute approximate surface area is 153 Å². The van der Waals surface area contributed by atoms with Crippen LogP contribution in [0, 0.1) is 13.8 Å². The summed E-state index contributed by atoms with van der Waals surface area (Å²) in [6.45, 7) is 4.15. The normalized spacial score (nSPS) is 18.7. The standard InChI is InChI=1S/C16H24N6O3S/c1-11-14(12(2)20-19-11)26(23,24)22-9-5-6-13(10-22)25-16-15(21(3)4)17-7-8-18-16/h7-8,13H,5-6,9-10H2,1-4H3,(H,19,20). The van der Waals surface area contributed by atoms with Crippen molar-refractivity contribution in [1.29, 1.82) is 0 Å². The Balaban J connectivity index is 1.80. The van der Waals surface area contributed by atoms with Gasteiger partial charge in [-0.15, -0.1) is 0 Å². The largest absolute Gasteiger partial charge is 0.470 e. The van der Waals surface area contributed by atoms with E-state index in [9.17, 15) is 8.42 Å². The Bertz CT molecular complexity index is 860. The van der Waals surface area contributed by atoms with Gasteiger partial charge in [0.15, 0.2) is 5.82 Å². The third-order valence-electron chi connectivity index (χ3n) is 4.35. The third-order valence-corrected chi connectivity index (χ3v) is 6.48. The minimum atomic E-state index is -3.62. The van der Waals surface area contributed by atoms with E-state index in [2.05, 4.69) is 20.2 Å². The van der Waals surface area contributed by atoms with Crippen molar-refractivity contribution in [1.82, 2.24) is 24.5 Å². The van der Waals surface area contributed by atoms with E-state index in [0.29, 0.717) is 29.6 Å². The average Bonchev–Trinajstić information content (AvgIpc) is 2.94. The maximum atomic E-state index is 13.0. The molecule has 1 aliphatic heterocycles. The van der Waals surface area contributed by atoms with E-state index in [1.807, 2.05) is 19.0 Å². The highest BCUT2D eigenvalue weighted by molar-refractivity contribution is 7.89. The van der Waals surface area contributed by atoms with Crippen molar-refractivity contribution in [2.45, 2.75) is 37.7 Å². The minimum Gasteiger partial charge on any atom is -0.470 e. The lowest BCUT2D eigenvalue weighted by Crippen LogP contribution is -2.44. The summed E-state index contributed by atoms with van der Waals surface area (Å²) in [6, 6.07) is 0. The summed E-state index contributed by atoms with van der Waals surface area (Å²) in [5, 5.41) is 6.75. The second-order valence-corrected chi connectivity index (χ2v) is 8.46. The van der Waals surface area contributed by atoms with Crippen LogP contribution in [0.3, 0.4) is 0 Å². The molecule has 9 nitrogen and oxygen atoms in total. The van der Waals surface area contributed by atoms with E-state index in [1.54, 1.807) is 26.2 Å². The molecule has 1 N–H and O–H groups in total. The van der Waals surface area contributed by atoms with E-state index in [0.717, 1.165) is 12.8 Å². The minimum absolute atomic E-state index is 0.256. The van der Waals surface area contributed by atoms with Crippen molar-refractivity contribution in [2.75, 3.05) is 32.1 Å². The van der Waals surface area contributed by atoms with Gasteiger partial charge >= 0.3 is 0 Å². The fourth-order valence-electron chi connectivity index (χ4n) is 3.14. The number of piperidine rings is 1. The third kappa shape index (κ3) is 3.51. The second kappa shape index (κ2) is 7.20. The summed E-state index contributed by atoms with van der Waals surface area (Å²) in [5.74, 6) is 1.03. The Morgan fingerprint density at radius 1 is 1.27 bits per heavy atom. The molecule has 0 radical (unpaired) electrons. The fraction of sp³-hybridized carbons (Fsp3) is 0.562. The molecule has 2 aromatic heterocycles. The first kappa shape index (κ1) is 18.6. The number of aryl methyl sites for hydroxylation is 2. The number of aromatic nitrogens is 4. The summed E-state index contributed by atoms with van der Waals surface area (Å²) in [5.41, 5.74) is 1.03. The SMILES string of the molecule is Cc1n[nH]c(C)c1S(=O)(=O)N1CCCC(Oc2nccnc2N(C)C)C1. The van der Waals surface area contributed by atoms with Gasteiger partial charge in [-0.1, -0.05) is 0 Å². The summed E-state index contributed by atoms with van der Waals surface area (Å²) < 4.78 is 33.6. The van der Waals surface area contributed by atoms with Crippen LogP contribution in [0.4, 0.5) is 5.82 Å². The summed E-state index contributed by atoms with van der Waals surface area (Å²) in [7, 11) is 0.102. The molecule has 10 heteroatoms. The Kier molecular flexibility index (Phi) is 5.15. The summed E-state index contributed by atoms with van der Waals surface area (Å²) >= 11 is 0. The van der Waals surface area contributed by atoms with Crippen LogP contribution in [0.2, 0.25) is 0 Å². The molecule has 26 heavy (non-hydrogen) atoms. The number of aromatic amines is 1. The van der Waals surface area contributed by atoms with Crippen LogP contribution in [-0.2, 0) is 10.0 Å². The van der Waals surface area contributed by atoms with Gasteiger partial charge < -0.3 is 9.64 Å². The van der Waals surface area contributed by atoms with Crippen molar-refractivity contribution in [3.8, 4) is 5.88 Å². The topological polar surface area (TPSA) is 104 Å². The number of hydrogen-bond donors (Lipinski definition) is 1. The van der Waals surface area contributed by atoms with E-state index >= 15 is 0 Å². The molecule has 0 aromatic carbocycles. The lowest BCUT2D eigenvalue weighted by Gasteiger charge is -2.32. The van der Waals surface area contributed by atoms with E-state index < -0.39 is 10.0 Å². The molecule has 1 unspecified atom stereocenters. The maximum Gasteiger partial charge on any atom is 0.257 e. The number of sulfonamides is 1. The van der Waals surface area contributed by atoms with Gasteiger partial charge in [-0.25, -0.2) is 18.4 Å². The zero-order valence-corrected chi connectivity index (χ0v) is 16.2. The van der Waals surface area contributed by atoms with Crippen LogP contribution < -0.4 is 9.64 Å². The Morgan fingerprint density at radius 3 is 2.65 bits per heavy atom. The molecule has 2 aromatic rings. The fourth-order valence-corrected chi connectivity index (χ4v) is 4.98. The van der Waals surface area contributed by atoms with Crippen molar-refractivity contribution >= 4 is 15.8 Å². The van der Waals surface area contributed by atoms with E-state index in [1.165, 1.54) is 4.31 Å². The molecule has 0 saturated carbocycles. The zero-order valence-electron chi connectivity index (χ0n) is 15.4. The van der Waals surface area contributed by atoms with Gasteiger partial charge in [0.2, 0.25) is 10.0 Å². The molecule has 0 bridgehead atoms. The monoisotopic (exact) mass is 380 g/mol. The molecule has 3 rings (SSSR count). The first-order valence-corrected chi connectivity index (χ1v) is 9.91. The first-order chi connectivity index (χ1) is 12.3. The van der Waals surface area contributed by atoms with Gasteiger partial charge in [0, 0.05) is 33.0 Å². The predicted octanol–water partition coefficient (Wildman–Crippen LogP) is 1.11. The van der Waals surface area contributed by atoms with Crippen LogP contribution in [0.1, 0.15) is 24.2 Å². The number of ether oxygens (including phenoxy) is 1. The second-order valence-electron chi connectivity index (χ2n) is 6.59. The number of anilines is 1. The van der Waals surface area contributed by atoms with Crippen LogP contribution >= 0.6 is 0 Å². The number of H-pyrrole nitrogens is 1. The van der Waals surface area contributed by atoms with Crippen molar-refractivity contribution in [3.63, 3.8) is 0 Å². The van der Waals surface area contributed by atoms with Gasteiger partial charge in [-0.2, -0.15) is 9.40 Å². The average molecular weight is 380 g/mol. The van der Waals surface area contributed by atoms with Gasteiger partial charge in [0.1, 0.15) is 11.0 Å². The predicted molar refractivity (Wildman–Crippen MR) is 96.8 cm³/mol. The molecule has 1 saturated heterocycles. The lowest BCUT2D eigenvalue weighted by atomic mass is 10.1. The molecule has 1 fully saturated rings. The molecule has 0 aliphatic carbocycles. The van der Waals surface area contributed by atoms with Crippen LogP contribution in [0.25, 0.3) is 0 Å².